The average molecular weight is 1060 g/mol. The second-order valence-electron chi connectivity index (χ2n) is 18.1. The number of aliphatic hydroxyl groups excluding tert-OH is 2. The van der Waals surface area contributed by atoms with Crippen LogP contribution in [0.25, 0.3) is 5.57 Å². The maximum absolute atomic E-state index is 14.0. The van der Waals surface area contributed by atoms with Crippen LogP contribution in [0.3, 0.4) is 0 Å². The number of hydrogen-bond donors (Lipinski definition) is 2. The molecule has 15 heteroatoms. The predicted molar refractivity (Wildman–Crippen MR) is 267 cm³/mol. The van der Waals surface area contributed by atoms with Crippen molar-refractivity contribution in [3.8, 4) is 0 Å². The summed E-state index contributed by atoms with van der Waals surface area (Å²) in [4.78, 5) is 40.1. The van der Waals surface area contributed by atoms with Crippen LogP contribution in [-0.2, 0) is 34.0 Å². The molecule has 0 radical (unpaired) electrons. The van der Waals surface area contributed by atoms with Gasteiger partial charge in [-0.2, -0.15) is 0 Å². The van der Waals surface area contributed by atoms with E-state index in [0.29, 0.717) is 55.8 Å². The number of pyridine rings is 2. The van der Waals surface area contributed by atoms with E-state index in [9.17, 15) is 19.8 Å². The van der Waals surface area contributed by atoms with Gasteiger partial charge in [-0.15, -0.1) is 0 Å². The Labute approximate surface area is 423 Å². The highest BCUT2D eigenvalue weighted by molar-refractivity contribution is 9.10. The Bertz CT molecular complexity index is 2880. The van der Waals surface area contributed by atoms with E-state index in [1.54, 1.807) is 70.7 Å². The first-order valence-corrected chi connectivity index (χ1v) is 24.4. The van der Waals surface area contributed by atoms with E-state index in [-0.39, 0.29) is 48.9 Å². The monoisotopic (exact) mass is 1050 g/mol. The van der Waals surface area contributed by atoms with Crippen molar-refractivity contribution in [3.63, 3.8) is 0 Å². The summed E-state index contributed by atoms with van der Waals surface area (Å²) < 4.78 is 14.3. The molecule has 10 rings (SSSR count). The van der Waals surface area contributed by atoms with Crippen molar-refractivity contribution in [3.05, 3.63) is 203 Å². The third-order valence-corrected chi connectivity index (χ3v) is 14.8. The molecule has 0 spiro atoms. The Morgan fingerprint density at radius 1 is 0.618 bits per heavy atom. The fourth-order valence-electron chi connectivity index (χ4n) is 8.85. The van der Waals surface area contributed by atoms with Crippen molar-refractivity contribution < 1.29 is 29.3 Å². The number of benzene rings is 4. The number of allylic oxidation sites excluding steroid dienone is 1. The molecule has 68 heavy (non-hydrogen) atoms. The summed E-state index contributed by atoms with van der Waals surface area (Å²) in [5.74, 6) is -0.324. The fourth-order valence-corrected chi connectivity index (χ4v) is 9.68. The lowest BCUT2D eigenvalue weighted by Gasteiger charge is -2.40. The Balaban J connectivity index is 0.000000170. The van der Waals surface area contributed by atoms with Crippen molar-refractivity contribution in [1.82, 2.24) is 19.8 Å². The van der Waals surface area contributed by atoms with Gasteiger partial charge in [0.1, 0.15) is 0 Å². The van der Waals surface area contributed by atoms with Gasteiger partial charge >= 0.3 is 0 Å². The molecule has 2 saturated carbocycles. The van der Waals surface area contributed by atoms with Crippen LogP contribution in [-0.4, -0.2) is 68.2 Å². The predicted octanol–water partition coefficient (Wildman–Crippen LogP) is 11.9. The first kappa shape index (κ1) is 48.4. The molecule has 2 atom stereocenters. The van der Waals surface area contributed by atoms with Gasteiger partial charge in [0.05, 0.1) is 61.0 Å². The number of nitrogens with zero attached hydrogens (tertiary/aromatic N) is 4. The van der Waals surface area contributed by atoms with Crippen molar-refractivity contribution in [2.24, 2.45) is 10.8 Å². The van der Waals surface area contributed by atoms with Crippen LogP contribution in [0.5, 0.6) is 0 Å². The van der Waals surface area contributed by atoms with Gasteiger partial charge in [0.2, 0.25) is 0 Å². The largest absolute Gasteiger partial charge is 0.396 e. The highest BCUT2D eigenvalue weighted by Gasteiger charge is 2.56. The quantitative estimate of drug-likeness (QED) is 0.104. The Morgan fingerprint density at radius 2 is 1.03 bits per heavy atom. The van der Waals surface area contributed by atoms with Crippen LogP contribution < -0.4 is 0 Å². The van der Waals surface area contributed by atoms with Gasteiger partial charge in [-0.05, 0) is 105 Å². The zero-order valence-electron chi connectivity index (χ0n) is 37.0. The lowest BCUT2D eigenvalue weighted by atomic mass is 9.91. The van der Waals surface area contributed by atoms with E-state index < -0.39 is 11.4 Å². The molecule has 4 aromatic carbocycles. The number of ether oxygens (including phenoxy) is 2. The lowest BCUT2D eigenvalue weighted by Crippen LogP contribution is -2.47. The van der Waals surface area contributed by atoms with E-state index in [0.717, 1.165) is 63.5 Å². The molecule has 2 N–H and O–H groups in total. The van der Waals surface area contributed by atoms with Gasteiger partial charge in [-0.25, -0.2) is 0 Å². The Hall–Kier alpha value is -4.66. The molecular formula is C53H47BrCl4N4O6. The Kier molecular flexibility index (Phi) is 13.7. The summed E-state index contributed by atoms with van der Waals surface area (Å²) in [6.45, 7) is 7.10. The average Bonchev–Trinajstić information content (AvgIpc) is 4.28. The van der Waals surface area contributed by atoms with E-state index in [1.165, 1.54) is 0 Å². The van der Waals surface area contributed by atoms with Crippen LogP contribution in [0.1, 0.15) is 92.5 Å². The minimum absolute atomic E-state index is 0.0395. The maximum atomic E-state index is 14.0. The summed E-state index contributed by atoms with van der Waals surface area (Å²) in [5, 5.41) is 22.1. The molecule has 0 bridgehead atoms. The first-order chi connectivity index (χ1) is 32.6. The third kappa shape index (κ3) is 9.26. The molecule has 2 fully saturated rings. The number of amides is 2. The van der Waals surface area contributed by atoms with Gasteiger partial charge in [0.25, 0.3) is 11.8 Å². The molecule has 2 amide bonds. The summed E-state index contributed by atoms with van der Waals surface area (Å²) in [7, 11) is 0. The fraction of sp³-hybridized carbons (Fsp3) is 0.283. The number of fused-ring (bicyclic) bond motifs is 2. The highest BCUT2D eigenvalue weighted by Crippen LogP contribution is 2.53. The number of halogens is 5. The normalized spacial score (nSPS) is 20.4. The minimum Gasteiger partial charge on any atom is -0.396 e. The van der Waals surface area contributed by atoms with E-state index in [1.807, 2.05) is 67.6 Å². The van der Waals surface area contributed by atoms with Gasteiger partial charge < -0.3 is 19.7 Å². The molecule has 2 aromatic heterocycles. The van der Waals surface area contributed by atoms with Crippen LogP contribution in [0.15, 0.2) is 133 Å². The molecule has 2 aliphatic carbocycles. The standard InChI is InChI=1S/C28H26Cl2N2O3.C25H21BrCl2N2O3/c1-18(2)19-3-10-25-24(13-19)26(34)32(15-23-9-8-22(30)14-31-23)28(25,20-4-6-21(29)7-5-20)35-17-27(16-33)11-12-27;26-17-3-8-22-21(11-17)23(32)30(13-20-7-6-19(28)12-29-20)25(22,16-1-4-18(27)5-2-16)33-15-24(14-31)9-10-24/h3-10,13-14,33H,1,11-12,15-17H2,2H3;1-8,11-12,31H,9-10,13-15H2. The molecule has 2 unspecified atom stereocenters. The van der Waals surface area contributed by atoms with Crippen molar-refractivity contribution >= 4 is 79.7 Å². The third-order valence-electron chi connectivity index (χ3n) is 13.4. The number of carbonyl (C=O) groups is 2. The lowest BCUT2D eigenvalue weighted by molar-refractivity contribution is -0.129. The van der Waals surface area contributed by atoms with E-state index in [4.69, 9.17) is 55.9 Å². The first-order valence-electron chi connectivity index (χ1n) is 22.1. The molecule has 10 nitrogen and oxygen atoms in total. The molecule has 6 aromatic rings. The van der Waals surface area contributed by atoms with Crippen LogP contribution in [0, 0.1) is 10.8 Å². The van der Waals surface area contributed by atoms with Gasteiger partial charge in [0, 0.05) is 71.1 Å². The van der Waals surface area contributed by atoms with Gasteiger partial charge in [0.15, 0.2) is 11.4 Å². The molecular weight excluding hydrogens is 1010 g/mol. The molecule has 2 aliphatic heterocycles. The van der Waals surface area contributed by atoms with Gasteiger partial charge in [-0.1, -0.05) is 117 Å². The van der Waals surface area contributed by atoms with Crippen LogP contribution in [0.2, 0.25) is 20.1 Å². The SMILES string of the molecule is C=C(C)c1ccc2c(c1)C(=O)N(Cc1ccc(Cl)cn1)C2(OCC1(CO)CC1)c1ccc(Cl)cc1.O=C1c2cc(Br)ccc2C(OCC2(CO)CC2)(c2ccc(Cl)cc2)N1Cc1ccc(Cl)cn1. The van der Waals surface area contributed by atoms with Crippen LogP contribution >= 0.6 is 62.3 Å². The summed E-state index contributed by atoms with van der Waals surface area (Å²) in [6.07, 6.45) is 6.68. The molecule has 0 saturated heterocycles. The topological polar surface area (TPSA) is 125 Å². The zero-order valence-corrected chi connectivity index (χ0v) is 41.6. The summed E-state index contributed by atoms with van der Waals surface area (Å²) >= 11 is 28.0. The number of rotatable bonds is 15. The number of aliphatic hydroxyl groups is 2. The smallest absolute Gasteiger partial charge is 0.257 e. The molecule has 4 heterocycles. The van der Waals surface area contributed by atoms with Gasteiger partial charge in [-0.3, -0.25) is 29.4 Å². The number of aromatic nitrogens is 2. The van der Waals surface area contributed by atoms with E-state index >= 15 is 0 Å². The highest BCUT2D eigenvalue weighted by atomic mass is 79.9. The molecule has 4 aliphatic rings. The summed E-state index contributed by atoms with van der Waals surface area (Å²) in [5.41, 5.74) is 4.34. The van der Waals surface area contributed by atoms with Crippen LogP contribution in [0.4, 0.5) is 0 Å². The minimum atomic E-state index is -1.21. The van der Waals surface area contributed by atoms with Crippen molar-refractivity contribution in [2.45, 2.75) is 57.1 Å². The zero-order chi connectivity index (χ0) is 48.0. The van der Waals surface area contributed by atoms with E-state index in [2.05, 4.69) is 32.5 Å². The number of hydrogen-bond acceptors (Lipinski definition) is 8. The Morgan fingerprint density at radius 3 is 1.41 bits per heavy atom. The van der Waals surface area contributed by atoms with Crippen molar-refractivity contribution in [2.75, 3.05) is 26.4 Å². The summed E-state index contributed by atoms with van der Waals surface area (Å²) in [6, 6.07) is 33.3. The second kappa shape index (κ2) is 19.3. The van der Waals surface area contributed by atoms with Crippen molar-refractivity contribution in [1.29, 1.82) is 0 Å². The second-order valence-corrected chi connectivity index (χ2v) is 20.8. The molecule has 350 valence electrons. The maximum Gasteiger partial charge on any atom is 0.257 e. The number of carbonyl (C=O) groups excluding carboxylic acids is 2.